The highest BCUT2D eigenvalue weighted by molar-refractivity contribution is 7.99. The summed E-state index contributed by atoms with van der Waals surface area (Å²) in [5, 5.41) is 20.0. The first-order valence-electron chi connectivity index (χ1n) is 5.26. The lowest BCUT2D eigenvalue weighted by Gasteiger charge is -2.10. The highest BCUT2D eigenvalue weighted by Gasteiger charge is 2.07. The molecule has 1 unspecified atom stereocenters. The van der Waals surface area contributed by atoms with Gasteiger partial charge in [0.15, 0.2) is 0 Å². The van der Waals surface area contributed by atoms with Gasteiger partial charge in [-0.05, 0) is 18.2 Å². The molecule has 0 aliphatic heterocycles. The predicted octanol–water partition coefficient (Wildman–Crippen LogP) is 1.26. The van der Waals surface area contributed by atoms with Crippen LogP contribution < -0.4 is 5.73 Å². The van der Waals surface area contributed by atoms with Crippen LogP contribution in [0.3, 0.4) is 0 Å². The van der Waals surface area contributed by atoms with Gasteiger partial charge in [0.25, 0.3) is 0 Å². The number of hydrogen-bond acceptors (Lipinski definition) is 5. The average molecular weight is 250 g/mol. The van der Waals surface area contributed by atoms with Gasteiger partial charge in [0.2, 0.25) is 0 Å². The molecular formula is C12H14N2O2S. The van der Waals surface area contributed by atoms with Gasteiger partial charge >= 0.3 is 0 Å². The molecule has 0 saturated carbocycles. The normalized spacial score (nSPS) is 12.8. The Morgan fingerprint density at radius 1 is 1.29 bits per heavy atom. The lowest BCUT2D eigenvalue weighted by Crippen LogP contribution is -2.14. The maximum Gasteiger partial charge on any atom is 0.0864 e. The summed E-state index contributed by atoms with van der Waals surface area (Å²) in [5.41, 5.74) is 6.60. The van der Waals surface area contributed by atoms with Gasteiger partial charge in [-0.25, -0.2) is 0 Å². The number of benzene rings is 1. The zero-order chi connectivity index (χ0) is 12.3. The van der Waals surface area contributed by atoms with Crippen molar-refractivity contribution in [2.45, 2.75) is 11.0 Å². The topological polar surface area (TPSA) is 79.4 Å². The summed E-state index contributed by atoms with van der Waals surface area (Å²) in [7, 11) is 0. The van der Waals surface area contributed by atoms with Crippen LogP contribution in [0.15, 0.2) is 35.5 Å². The number of pyridine rings is 1. The second-order valence-electron chi connectivity index (χ2n) is 3.72. The number of rotatable bonds is 4. The molecule has 1 heterocycles. The number of hydrogen-bond donors (Lipinski definition) is 3. The number of thioether (sulfide) groups is 1. The molecule has 0 radical (unpaired) electrons. The quantitative estimate of drug-likeness (QED) is 0.562. The minimum Gasteiger partial charge on any atom is -0.398 e. The SMILES string of the molecule is Nc1ccc(SCC(O)CO)c2cnccc12. The van der Waals surface area contributed by atoms with Crippen LogP contribution in [0.4, 0.5) is 5.69 Å². The van der Waals surface area contributed by atoms with Crippen LogP contribution in [0.5, 0.6) is 0 Å². The predicted molar refractivity (Wildman–Crippen MR) is 70.0 cm³/mol. The van der Waals surface area contributed by atoms with Crippen molar-refractivity contribution in [1.82, 2.24) is 4.98 Å². The van der Waals surface area contributed by atoms with Crippen molar-refractivity contribution in [3.8, 4) is 0 Å². The molecule has 1 atom stereocenters. The Balaban J connectivity index is 2.32. The van der Waals surface area contributed by atoms with E-state index >= 15 is 0 Å². The Morgan fingerprint density at radius 3 is 2.88 bits per heavy atom. The van der Waals surface area contributed by atoms with Gasteiger partial charge in [-0.1, -0.05) is 0 Å². The molecule has 0 spiro atoms. The Morgan fingerprint density at radius 2 is 2.12 bits per heavy atom. The van der Waals surface area contributed by atoms with Crippen molar-refractivity contribution in [1.29, 1.82) is 0 Å². The van der Waals surface area contributed by atoms with E-state index in [1.165, 1.54) is 11.8 Å². The maximum absolute atomic E-state index is 9.33. The van der Waals surface area contributed by atoms with Gasteiger partial charge in [0.1, 0.15) is 0 Å². The summed E-state index contributed by atoms with van der Waals surface area (Å²) in [6, 6.07) is 5.63. The molecule has 5 heteroatoms. The van der Waals surface area contributed by atoms with Crippen molar-refractivity contribution in [3.05, 3.63) is 30.6 Å². The zero-order valence-corrected chi connectivity index (χ0v) is 10.0. The van der Waals surface area contributed by atoms with Crippen LogP contribution in [0.1, 0.15) is 0 Å². The van der Waals surface area contributed by atoms with E-state index in [1.807, 2.05) is 18.2 Å². The molecule has 4 N–H and O–H groups in total. The maximum atomic E-state index is 9.33. The first-order valence-corrected chi connectivity index (χ1v) is 6.25. The number of aromatic nitrogens is 1. The first kappa shape index (κ1) is 12.2. The average Bonchev–Trinajstić information content (AvgIpc) is 2.38. The molecule has 1 aromatic carbocycles. The van der Waals surface area contributed by atoms with E-state index in [9.17, 15) is 5.11 Å². The van der Waals surface area contributed by atoms with Gasteiger partial charge in [0.05, 0.1) is 12.7 Å². The first-order chi connectivity index (χ1) is 8.22. The van der Waals surface area contributed by atoms with Crippen LogP contribution in [-0.4, -0.2) is 33.7 Å². The van der Waals surface area contributed by atoms with Crippen molar-refractivity contribution in [2.75, 3.05) is 18.1 Å². The molecule has 90 valence electrons. The second kappa shape index (κ2) is 5.35. The van der Waals surface area contributed by atoms with Gasteiger partial charge in [-0.15, -0.1) is 11.8 Å². The van der Waals surface area contributed by atoms with Crippen LogP contribution >= 0.6 is 11.8 Å². The van der Waals surface area contributed by atoms with E-state index in [0.717, 1.165) is 21.4 Å². The summed E-state index contributed by atoms with van der Waals surface area (Å²) < 4.78 is 0. The molecule has 0 saturated heterocycles. The van der Waals surface area contributed by atoms with E-state index in [4.69, 9.17) is 10.8 Å². The molecule has 4 nitrogen and oxygen atoms in total. The fraction of sp³-hybridized carbons (Fsp3) is 0.250. The molecule has 1 aromatic heterocycles. The summed E-state index contributed by atoms with van der Waals surface area (Å²) in [6.07, 6.45) is 2.76. The number of aliphatic hydroxyl groups excluding tert-OH is 2. The Hall–Kier alpha value is -1.30. The van der Waals surface area contributed by atoms with E-state index in [-0.39, 0.29) is 6.61 Å². The molecule has 0 aliphatic carbocycles. The lowest BCUT2D eigenvalue weighted by molar-refractivity contribution is 0.113. The smallest absolute Gasteiger partial charge is 0.0864 e. The Labute approximate surface area is 103 Å². The van der Waals surface area contributed by atoms with Gasteiger partial charge in [-0.3, -0.25) is 4.98 Å². The molecule has 0 fully saturated rings. The summed E-state index contributed by atoms with van der Waals surface area (Å²) in [4.78, 5) is 5.09. The summed E-state index contributed by atoms with van der Waals surface area (Å²) in [6.45, 7) is -0.224. The third kappa shape index (κ3) is 2.69. The minimum atomic E-state index is -0.704. The summed E-state index contributed by atoms with van der Waals surface area (Å²) in [5.74, 6) is 0.449. The number of aliphatic hydroxyl groups is 2. The standard InChI is InChI=1S/C12H14N2O2S/c13-11-1-2-12(17-7-8(16)6-15)10-5-14-4-3-9(10)11/h1-5,8,15-16H,6-7,13H2. The largest absolute Gasteiger partial charge is 0.398 e. The molecule has 0 amide bonds. The van der Waals surface area contributed by atoms with E-state index in [0.29, 0.717) is 5.75 Å². The van der Waals surface area contributed by atoms with Crippen LogP contribution in [0.2, 0.25) is 0 Å². The molecule has 17 heavy (non-hydrogen) atoms. The van der Waals surface area contributed by atoms with Crippen molar-refractivity contribution in [2.24, 2.45) is 0 Å². The van der Waals surface area contributed by atoms with Crippen molar-refractivity contribution in [3.63, 3.8) is 0 Å². The van der Waals surface area contributed by atoms with Gasteiger partial charge in [0, 0.05) is 39.5 Å². The number of fused-ring (bicyclic) bond motifs is 1. The summed E-state index contributed by atoms with van der Waals surface area (Å²) >= 11 is 1.49. The Kier molecular flexibility index (Phi) is 3.83. The van der Waals surface area contributed by atoms with Crippen molar-refractivity contribution < 1.29 is 10.2 Å². The third-order valence-corrected chi connectivity index (χ3v) is 3.67. The van der Waals surface area contributed by atoms with Crippen molar-refractivity contribution >= 4 is 28.2 Å². The fourth-order valence-electron chi connectivity index (χ4n) is 1.55. The minimum absolute atomic E-state index is 0.224. The third-order valence-electron chi connectivity index (χ3n) is 2.45. The zero-order valence-electron chi connectivity index (χ0n) is 9.21. The highest BCUT2D eigenvalue weighted by Crippen LogP contribution is 2.30. The highest BCUT2D eigenvalue weighted by atomic mass is 32.2. The van der Waals surface area contributed by atoms with Crippen LogP contribution in [-0.2, 0) is 0 Å². The van der Waals surface area contributed by atoms with E-state index < -0.39 is 6.10 Å². The van der Waals surface area contributed by atoms with Gasteiger partial charge in [-0.2, -0.15) is 0 Å². The molecule has 0 bridgehead atoms. The number of nitrogen functional groups attached to an aromatic ring is 1. The lowest BCUT2D eigenvalue weighted by atomic mass is 10.1. The fourth-order valence-corrected chi connectivity index (χ4v) is 2.51. The number of nitrogens with zero attached hydrogens (tertiary/aromatic N) is 1. The van der Waals surface area contributed by atoms with E-state index in [2.05, 4.69) is 4.98 Å². The monoisotopic (exact) mass is 250 g/mol. The van der Waals surface area contributed by atoms with Gasteiger partial charge < -0.3 is 15.9 Å². The van der Waals surface area contributed by atoms with E-state index in [1.54, 1.807) is 12.4 Å². The second-order valence-corrected chi connectivity index (χ2v) is 4.78. The Bertz CT molecular complexity index is 519. The number of anilines is 1. The molecule has 0 aliphatic rings. The molecule has 2 aromatic rings. The molecular weight excluding hydrogens is 236 g/mol. The molecule has 2 rings (SSSR count). The van der Waals surface area contributed by atoms with Crippen LogP contribution in [0, 0.1) is 0 Å². The van der Waals surface area contributed by atoms with Crippen LogP contribution in [0.25, 0.3) is 10.8 Å². The number of nitrogens with two attached hydrogens (primary N) is 1.